The first-order valence-corrected chi connectivity index (χ1v) is 7.66. The summed E-state index contributed by atoms with van der Waals surface area (Å²) in [6.07, 6.45) is 8.29. The van der Waals surface area contributed by atoms with Crippen LogP contribution < -0.4 is 0 Å². The molecule has 0 aliphatic carbocycles. The molecule has 0 saturated heterocycles. The van der Waals surface area contributed by atoms with E-state index in [0.717, 1.165) is 18.5 Å². The Bertz CT molecular complexity index is 611. The Kier molecular flexibility index (Phi) is 5.96. The molecule has 0 aromatic heterocycles. The average Bonchev–Trinajstić information content (AvgIpc) is 2.53. The maximum atomic E-state index is 4.71. The monoisotopic (exact) mass is 277 g/mol. The Morgan fingerprint density at radius 3 is 2.48 bits per heavy atom. The molecule has 2 rings (SSSR count). The minimum Gasteiger partial charge on any atom is -0.256 e. The highest BCUT2D eigenvalue weighted by molar-refractivity contribution is 5.84. The summed E-state index contributed by atoms with van der Waals surface area (Å²) in [6, 6.07) is 16.8. The SMILES string of the molecule is C=CCc1ccccc1C=Nc1ccccc1CCCC. The number of hydrogen-bond acceptors (Lipinski definition) is 1. The second-order valence-corrected chi connectivity index (χ2v) is 5.18. The van der Waals surface area contributed by atoms with Gasteiger partial charge in [0, 0.05) is 6.21 Å². The predicted octanol–water partition coefficient (Wildman–Crippen LogP) is 5.51. The van der Waals surface area contributed by atoms with Crippen LogP contribution in [0.1, 0.15) is 36.5 Å². The van der Waals surface area contributed by atoms with E-state index in [9.17, 15) is 0 Å². The highest BCUT2D eigenvalue weighted by atomic mass is 14.7. The topological polar surface area (TPSA) is 12.4 Å². The lowest BCUT2D eigenvalue weighted by molar-refractivity contribution is 0.795. The van der Waals surface area contributed by atoms with Crippen molar-refractivity contribution in [1.82, 2.24) is 0 Å². The number of nitrogens with zero attached hydrogens (tertiary/aromatic N) is 1. The van der Waals surface area contributed by atoms with E-state index in [1.165, 1.54) is 29.5 Å². The molecule has 0 aliphatic heterocycles. The Hall–Kier alpha value is -2.15. The molecular formula is C20H23N. The van der Waals surface area contributed by atoms with E-state index in [4.69, 9.17) is 4.99 Å². The number of aliphatic imine (C=N–C) groups is 1. The molecule has 2 aromatic carbocycles. The van der Waals surface area contributed by atoms with Gasteiger partial charge in [0.25, 0.3) is 0 Å². The summed E-state index contributed by atoms with van der Waals surface area (Å²) in [6.45, 7) is 6.04. The molecule has 1 nitrogen and oxygen atoms in total. The molecule has 0 aliphatic rings. The fourth-order valence-electron chi connectivity index (χ4n) is 2.36. The molecule has 0 amide bonds. The minimum atomic E-state index is 0.875. The van der Waals surface area contributed by atoms with Crippen molar-refractivity contribution < 1.29 is 0 Å². The van der Waals surface area contributed by atoms with Gasteiger partial charge < -0.3 is 0 Å². The molecule has 0 saturated carbocycles. The fraction of sp³-hybridized carbons (Fsp3) is 0.250. The average molecular weight is 277 g/mol. The van der Waals surface area contributed by atoms with Gasteiger partial charge in [-0.25, -0.2) is 0 Å². The predicted molar refractivity (Wildman–Crippen MR) is 92.7 cm³/mol. The van der Waals surface area contributed by atoms with Crippen molar-refractivity contribution in [3.05, 3.63) is 77.9 Å². The van der Waals surface area contributed by atoms with Gasteiger partial charge in [-0.05, 0) is 42.0 Å². The quantitative estimate of drug-likeness (QED) is 0.467. The summed E-state index contributed by atoms with van der Waals surface area (Å²) in [4.78, 5) is 4.71. The van der Waals surface area contributed by atoms with Gasteiger partial charge in [0.15, 0.2) is 0 Å². The van der Waals surface area contributed by atoms with Gasteiger partial charge in [-0.3, -0.25) is 4.99 Å². The van der Waals surface area contributed by atoms with Crippen molar-refractivity contribution in [2.24, 2.45) is 4.99 Å². The lowest BCUT2D eigenvalue weighted by atomic mass is 10.0. The normalized spacial score (nSPS) is 10.9. The zero-order valence-electron chi connectivity index (χ0n) is 12.8. The van der Waals surface area contributed by atoms with Crippen LogP contribution in [-0.4, -0.2) is 6.21 Å². The van der Waals surface area contributed by atoms with Crippen LogP contribution in [0.15, 0.2) is 66.2 Å². The van der Waals surface area contributed by atoms with E-state index in [2.05, 4.69) is 62.0 Å². The zero-order chi connectivity index (χ0) is 14.9. The van der Waals surface area contributed by atoms with E-state index in [1.54, 1.807) is 0 Å². The highest BCUT2D eigenvalue weighted by Gasteiger charge is 2.00. The second kappa shape index (κ2) is 8.21. The summed E-state index contributed by atoms with van der Waals surface area (Å²) in [5, 5.41) is 0. The van der Waals surface area contributed by atoms with Crippen LogP contribution in [0.3, 0.4) is 0 Å². The Labute approximate surface area is 128 Å². The van der Waals surface area contributed by atoms with Gasteiger partial charge in [-0.2, -0.15) is 0 Å². The molecule has 1 heteroatoms. The van der Waals surface area contributed by atoms with Crippen LogP contribution in [0, 0.1) is 0 Å². The molecule has 0 heterocycles. The van der Waals surface area contributed by atoms with Gasteiger partial charge in [-0.15, -0.1) is 6.58 Å². The van der Waals surface area contributed by atoms with Crippen molar-refractivity contribution in [3.63, 3.8) is 0 Å². The summed E-state index contributed by atoms with van der Waals surface area (Å²) >= 11 is 0. The van der Waals surface area contributed by atoms with Crippen molar-refractivity contribution >= 4 is 11.9 Å². The first-order valence-electron chi connectivity index (χ1n) is 7.66. The maximum Gasteiger partial charge on any atom is 0.0661 e. The van der Waals surface area contributed by atoms with Crippen molar-refractivity contribution in [1.29, 1.82) is 0 Å². The van der Waals surface area contributed by atoms with Crippen molar-refractivity contribution in [3.8, 4) is 0 Å². The van der Waals surface area contributed by atoms with Gasteiger partial charge in [0.2, 0.25) is 0 Å². The number of allylic oxidation sites excluding steroid dienone is 1. The molecular weight excluding hydrogens is 254 g/mol. The van der Waals surface area contributed by atoms with Gasteiger partial charge >= 0.3 is 0 Å². The number of unbranched alkanes of at least 4 members (excludes halogenated alkanes) is 1. The maximum absolute atomic E-state index is 4.71. The Morgan fingerprint density at radius 2 is 1.71 bits per heavy atom. The molecule has 0 spiro atoms. The molecule has 0 bridgehead atoms. The Balaban J connectivity index is 2.23. The van der Waals surface area contributed by atoms with Crippen LogP contribution in [-0.2, 0) is 12.8 Å². The van der Waals surface area contributed by atoms with Gasteiger partial charge in [-0.1, -0.05) is 61.9 Å². The first kappa shape index (κ1) is 15.2. The summed E-state index contributed by atoms with van der Waals surface area (Å²) in [7, 11) is 0. The third-order valence-electron chi connectivity index (χ3n) is 3.55. The van der Waals surface area contributed by atoms with E-state index >= 15 is 0 Å². The lowest BCUT2D eigenvalue weighted by Crippen LogP contribution is -1.91. The van der Waals surface area contributed by atoms with E-state index in [0.29, 0.717) is 0 Å². The first-order chi connectivity index (χ1) is 10.3. The molecule has 2 aromatic rings. The number of hydrogen-bond donors (Lipinski definition) is 0. The third kappa shape index (κ3) is 4.42. The zero-order valence-corrected chi connectivity index (χ0v) is 12.8. The third-order valence-corrected chi connectivity index (χ3v) is 3.55. The van der Waals surface area contributed by atoms with Crippen LogP contribution in [0.2, 0.25) is 0 Å². The second-order valence-electron chi connectivity index (χ2n) is 5.18. The van der Waals surface area contributed by atoms with Crippen LogP contribution in [0.5, 0.6) is 0 Å². The van der Waals surface area contributed by atoms with Gasteiger partial charge in [0.1, 0.15) is 0 Å². The summed E-state index contributed by atoms with van der Waals surface area (Å²) in [5.74, 6) is 0. The minimum absolute atomic E-state index is 0.875. The largest absolute Gasteiger partial charge is 0.256 e. The molecule has 0 N–H and O–H groups in total. The summed E-state index contributed by atoms with van der Waals surface area (Å²) < 4.78 is 0. The molecule has 21 heavy (non-hydrogen) atoms. The standard InChI is InChI=1S/C20H23N/c1-3-5-11-18-13-8-9-15-20(18)21-16-19-14-7-6-12-17(19)10-4-2/h4,6-9,12-16H,2-3,5,10-11H2,1H3. The highest BCUT2D eigenvalue weighted by Crippen LogP contribution is 2.21. The number of para-hydroxylation sites is 1. The van der Waals surface area contributed by atoms with E-state index < -0.39 is 0 Å². The number of rotatable bonds is 7. The fourth-order valence-corrected chi connectivity index (χ4v) is 2.36. The number of benzene rings is 2. The van der Waals surface area contributed by atoms with E-state index in [-0.39, 0.29) is 0 Å². The van der Waals surface area contributed by atoms with Crippen LogP contribution in [0.25, 0.3) is 0 Å². The molecule has 0 fully saturated rings. The van der Waals surface area contributed by atoms with Gasteiger partial charge in [0.05, 0.1) is 5.69 Å². The smallest absolute Gasteiger partial charge is 0.0661 e. The molecule has 0 atom stereocenters. The molecule has 108 valence electrons. The van der Waals surface area contributed by atoms with Crippen LogP contribution in [0.4, 0.5) is 5.69 Å². The van der Waals surface area contributed by atoms with Crippen molar-refractivity contribution in [2.75, 3.05) is 0 Å². The van der Waals surface area contributed by atoms with E-state index in [1.807, 2.05) is 12.3 Å². The molecule has 0 radical (unpaired) electrons. The number of aryl methyl sites for hydroxylation is 1. The van der Waals surface area contributed by atoms with Crippen LogP contribution >= 0.6 is 0 Å². The Morgan fingerprint density at radius 1 is 1.00 bits per heavy atom. The summed E-state index contributed by atoms with van der Waals surface area (Å²) in [5.41, 5.74) is 4.85. The van der Waals surface area contributed by atoms with Crippen molar-refractivity contribution in [2.45, 2.75) is 32.6 Å². The molecule has 0 unspecified atom stereocenters. The lowest BCUT2D eigenvalue weighted by Gasteiger charge is -2.05.